The maximum Gasteiger partial charge on any atom is 0.251 e. The number of hydrogen-bond acceptors (Lipinski definition) is 3. The molecule has 2 aromatic rings. The second-order valence-corrected chi connectivity index (χ2v) is 5.11. The molecular formula is C19H23N3O2. The SMILES string of the molecule is CC.CNC(=O)c1cccc(-c2cccc3c2NCCC(=O)N3)c1. The monoisotopic (exact) mass is 325 g/mol. The van der Waals surface area contributed by atoms with E-state index in [0.717, 1.165) is 22.5 Å². The number of hydrogen-bond donors (Lipinski definition) is 3. The number of carbonyl (C=O) groups excluding carboxylic acids is 2. The highest BCUT2D eigenvalue weighted by atomic mass is 16.2. The number of carbonyl (C=O) groups is 2. The molecule has 5 nitrogen and oxygen atoms in total. The Morgan fingerprint density at radius 2 is 1.88 bits per heavy atom. The van der Waals surface area contributed by atoms with Crippen molar-refractivity contribution in [3.8, 4) is 11.1 Å². The number of anilines is 2. The fraction of sp³-hybridized carbons (Fsp3) is 0.263. The Bertz CT molecular complexity index is 741. The summed E-state index contributed by atoms with van der Waals surface area (Å²) in [6.07, 6.45) is 0.437. The molecular weight excluding hydrogens is 302 g/mol. The predicted octanol–water partition coefficient (Wildman–Crippen LogP) is 3.49. The highest BCUT2D eigenvalue weighted by molar-refractivity contribution is 6.01. The minimum atomic E-state index is -0.120. The summed E-state index contributed by atoms with van der Waals surface area (Å²) >= 11 is 0. The van der Waals surface area contributed by atoms with E-state index in [9.17, 15) is 9.59 Å². The molecule has 2 amide bonds. The van der Waals surface area contributed by atoms with E-state index in [1.165, 1.54) is 0 Å². The molecule has 0 unspecified atom stereocenters. The summed E-state index contributed by atoms with van der Waals surface area (Å²) in [7, 11) is 1.61. The number of para-hydroxylation sites is 1. The summed E-state index contributed by atoms with van der Waals surface area (Å²) in [5.41, 5.74) is 4.16. The molecule has 0 saturated carbocycles. The fourth-order valence-electron chi connectivity index (χ4n) is 2.57. The maximum atomic E-state index is 11.8. The summed E-state index contributed by atoms with van der Waals surface area (Å²) < 4.78 is 0. The van der Waals surface area contributed by atoms with Gasteiger partial charge in [-0.25, -0.2) is 0 Å². The normalized spacial score (nSPS) is 12.5. The van der Waals surface area contributed by atoms with Crippen LogP contribution >= 0.6 is 0 Å². The summed E-state index contributed by atoms with van der Waals surface area (Å²) in [5, 5.41) is 8.83. The third-order valence-electron chi connectivity index (χ3n) is 3.66. The molecule has 3 rings (SSSR count). The van der Waals surface area contributed by atoms with Crippen molar-refractivity contribution in [2.75, 3.05) is 24.2 Å². The van der Waals surface area contributed by atoms with E-state index in [1.807, 2.05) is 50.2 Å². The highest BCUT2D eigenvalue weighted by Gasteiger charge is 2.16. The van der Waals surface area contributed by atoms with E-state index in [0.29, 0.717) is 18.5 Å². The van der Waals surface area contributed by atoms with Gasteiger partial charge in [0.1, 0.15) is 0 Å². The van der Waals surface area contributed by atoms with Crippen LogP contribution in [0.2, 0.25) is 0 Å². The third kappa shape index (κ3) is 3.74. The minimum absolute atomic E-state index is 0.00233. The molecule has 0 saturated heterocycles. The van der Waals surface area contributed by atoms with Crippen LogP contribution in [-0.4, -0.2) is 25.4 Å². The standard InChI is InChI=1S/C17H17N3O2.C2H6/c1-18-17(22)12-5-2-4-11(10-12)13-6-3-7-14-16(13)19-9-8-15(21)20-14;1-2/h2-7,10,19H,8-9H2,1H3,(H,18,22)(H,20,21);1-2H3. The van der Waals surface area contributed by atoms with Gasteiger partial charge in [-0.15, -0.1) is 0 Å². The van der Waals surface area contributed by atoms with Gasteiger partial charge in [-0.1, -0.05) is 38.1 Å². The van der Waals surface area contributed by atoms with Gasteiger partial charge in [0.2, 0.25) is 5.91 Å². The van der Waals surface area contributed by atoms with Crippen molar-refractivity contribution < 1.29 is 9.59 Å². The maximum absolute atomic E-state index is 11.8. The smallest absolute Gasteiger partial charge is 0.251 e. The molecule has 0 aromatic heterocycles. The Balaban J connectivity index is 0.00000100. The highest BCUT2D eigenvalue weighted by Crippen LogP contribution is 2.35. The second-order valence-electron chi connectivity index (χ2n) is 5.11. The van der Waals surface area contributed by atoms with Crippen molar-refractivity contribution in [3.05, 3.63) is 48.0 Å². The Hall–Kier alpha value is -2.82. The third-order valence-corrected chi connectivity index (χ3v) is 3.66. The Kier molecular flexibility index (Phi) is 5.95. The van der Waals surface area contributed by atoms with Crippen LogP contribution in [0, 0.1) is 0 Å². The summed E-state index contributed by atoms with van der Waals surface area (Å²) in [6, 6.07) is 13.2. The lowest BCUT2D eigenvalue weighted by Gasteiger charge is -2.14. The number of nitrogens with one attached hydrogen (secondary N) is 3. The van der Waals surface area contributed by atoms with Crippen LogP contribution < -0.4 is 16.0 Å². The molecule has 0 fully saturated rings. The van der Waals surface area contributed by atoms with Gasteiger partial charge in [0.05, 0.1) is 11.4 Å². The molecule has 5 heteroatoms. The molecule has 3 N–H and O–H groups in total. The number of rotatable bonds is 2. The summed E-state index contributed by atoms with van der Waals surface area (Å²) in [6.45, 7) is 4.59. The van der Waals surface area contributed by atoms with Gasteiger partial charge in [0.15, 0.2) is 0 Å². The zero-order valence-electron chi connectivity index (χ0n) is 14.3. The van der Waals surface area contributed by atoms with Crippen molar-refractivity contribution in [2.24, 2.45) is 0 Å². The van der Waals surface area contributed by atoms with Crippen molar-refractivity contribution in [2.45, 2.75) is 20.3 Å². The van der Waals surface area contributed by atoms with Crippen LogP contribution in [0.15, 0.2) is 42.5 Å². The first-order valence-electron chi connectivity index (χ1n) is 8.18. The van der Waals surface area contributed by atoms with Crippen LogP contribution in [0.5, 0.6) is 0 Å². The average Bonchev–Trinajstić information content (AvgIpc) is 2.83. The van der Waals surface area contributed by atoms with E-state index in [2.05, 4.69) is 16.0 Å². The molecule has 0 aliphatic carbocycles. The summed E-state index contributed by atoms with van der Waals surface area (Å²) in [5.74, 6) is -0.118. The number of benzene rings is 2. The molecule has 0 atom stereocenters. The molecule has 2 aromatic carbocycles. The van der Waals surface area contributed by atoms with Gasteiger partial charge in [-0.2, -0.15) is 0 Å². The van der Waals surface area contributed by atoms with Crippen molar-refractivity contribution >= 4 is 23.2 Å². The molecule has 0 spiro atoms. The minimum Gasteiger partial charge on any atom is -0.382 e. The first-order valence-corrected chi connectivity index (χ1v) is 8.18. The van der Waals surface area contributed by atoms with Crippen molar-refractivity contribution in [1.82, 2.24) is 5.32 Å². The fourth-order valence-corrected chi connectivity index (χ4v) is 2.57. The zero-order valence-corrected chi connectivity index (χ0v) is 14.3. The van der Waals surface area contributed by atoms with Crippen LogP contribution in [0.1, 0.15) is 30.6 Å². The van der Waals surface area contributed by atoms with Gasteiger partial charge < -0.3 is 16.0 Å². The van der Waals surface area contributed by atoms with E-state index >= 15 is 0 Å². The zero-order chi connectivity index (χ0) is 17.5. The quantitative estimate of drug-likeness (QED) is 0.791. The molecule has 0 radical (unpaired) electrons. The van der Waals surface area contributed by atoms with Crippen molar-refractivity contribution in [3.63, 3.8) is 0 Å². The van der Waals surface area contributed by atoms with Gasteiger partial charge in [-0.3, -0.25) is 9.59 Å². The van der Waals surface area contributed by atoms with Crippen molar-refractivity contribution in [1.29, 1.82) is 0 Å². The molecule has 1 aliphatic rings. The lowest BCUT2D eigenvalue weighted by Crippen LogP contribution is -2.17. The van der Waals surface area contributed by atoms with Crippen LogP contribution in [-0.2, 0) is 4.79 Å². The largest absolute Gasteiger partial charge is 0.382 e. The number of fused-ring (bicyclic) bond motifs is 1. The first-order chi connectivity index (χ1) is 11.7. The topological polar surface area (TPSA) is 70.2 Å². The molecule has 1 aliphatic heterocycles. The molecule has 24 heavy (non-hydrogen) atoms. The molecule has 126 valence electrons. The van der Waals surface area contributed by atoms with E-state index in [1.54, 1.807) is 13.1 Å². The lowest BCUT2D eigenvalue weighted by molar-refractivity contribution is -0.115. The van der Waals surface area contributed by atoms with E-state index in [4.69, 9.17) is 0 Å². The molecule has 1 heterocycles. The van der Waals surface area contributed by atoms with E-state index in [-0.39, 0.29) is 11.8 Å². The van der Waals surface area contributed by atoms with Crippen LogP contribution in [0.4, 0.5) is 11.4 Å². The average molecular weight is 325 g/mol. The van der Waals surface area contributed by atoms with E-state index < -0.39 is 0 Å². The molecule has 0 bridgehead atoms. The Morgan fingerprint density at radius 3 is 2.62 bits per heavy atom. The first kappa shape index (κ1) is 17.5. The van der Waals surface area contributed by atoms with Crippen LogP contribution in [0.25, 0.3) is 11.1 Å². The lowest BCUT2D eigenvalue weighted by atomic mass is 10.00. The predicted molar refractivity (Wildman–Crippen MR) is 98.4 cm³/mol. The van der Waals surface area contributed by atoms with Gasteiger partial charge in [-0.05, 0) is 23.8 Å². The second kappa shape index (κ2) is 8.15. The van der Waals surface area contributed by atoms with Gasteiger partial charge in [0, 0.05) is 31.1 Å². The Morgan fingerprint density at radius 1 is 1.12 bits per heavy atom. The van der Waals surface area contributed by atoms with Gasteiger partial charge in [0.25, 0.3) is 5.91 Å². The van der Waals surface area contributed by atoms with Crippen LogP contribution in [0.3, 0.4) is 0 Å². The van der Waals surface area contributed by atoms with Gasteiger partial charge >= 0.3 is 0 Å². The summed E-state index contributed by atoms with van der Waals surface area (Å²) in [4.78, 5) is 23.5. The number of amides is 2. The Labute approximate surface area is 142 Å².